The van der Waals surface area contributed by atoms with Crippen molar-refractivity contribution in [2.75, 3.05) is 32.8 Å². The van der Waals surface area contributed by atoms with Crippen molar-refractivity contribution in [2.24, 2.45) is 29.1 Å². The van der Waals surface area contributed by atoms with E-state index in [2.05, 4.69) is 4.90 Å². The van der Waals surface area contributed by atoms with Gasteiger partial charge in [-0.15, -0.1) is 0 Å². The highest BCUT2D eigenvalue weighted by molar-refractivity contribution is 5.76. The molecule has 0 aromatic rings. The van der Waals surface area contributed by atoms with Crippen molar-refractivity contribution in [1.82, 2.24) is 4.90 Å². The molecule has 4 fully saturated rings. The first kappa shape index (κ1) is 23.4. The molecule has 32 heavy (non-hydrogen) atoms. The van der Waals surface area contributed by atoms with Crippen molar-refractivity contribution in [2.45, 2.75) is 65.0 Å². The van der Waals surface area contributed by atoms with Crippen LogP contribution < -0.4 is 0 Å². The Morgan fingerprint density at radius 2 is 1.81 bits per heavy atom. The highest BCUT2D eigenvalue weighted by Crippen LogP contribution is 2.58. The fourth-order valence-electron chi connectivity index (χ4n) is 6.85. The molecule has 1 N–H and O–H groups in total. The fourth-order valence-corrected chi connectivity index (χ4v) is 6.85. The Morgan fingerprint density at radius 3 is 2.44 bits per heavy atom. The molecule has 9 atom stereocenters. The lowest BCUT2D eigenvalue weighted by atomic mass is 9.66. The van der Waals surface area contributed by atoms with Crippen LogP contribution in [0.25, 0.3) is 0 Å². The Kier molecular flexibility index (Phi) is 6.53. The van der Waals surface area contributed by atoms with E-state index in [1.807, 2.05) is 13.8 Å². The predicted octanol–water partition coefficient (Wildman–Crippen LogP) is 0.767. The zero-order valence-electron chi connectivity index (χ0n) is 19.3. The van der Waals surface area contributed by atoms with Crippen LogP contribution in [0.15, 0.2) is 0 Å². The molecule has 2 aliphatic carbocycles. The van der Waals surface area contributed by atoms with Gasteiger partial charge in [0, 0.05) is 57.2 Å². The Hall–Kier alpha value is -1.71. The molecular weight excluding hydrogens is 418 g/mol. The number of esters is 3. The van der Waals surface area contributed by atoms with Crippen LogP contribution in [0, 0.1) is 29.1 Å². The van der Waals surface area contributed by atoms with Crippen LogP contribution in [0.1, 0.15) is 40.5 Å². The van der Waals surface area contributed by atoms with Gasteiger partial charge in [-0.3, -0.25) is 19.3 Å². The fraction of sp³-hybridized carbons (Fsp3) is 0.870. The molecular formula is C23H35NO8. The number of hydrogen-bond acceptors (Lipinski definition) is 9. The molecule has 2 saturated heterocycles. The van der Waals surface area contributed by atoms with Gasteiger partial charge in [-0.25, -0.2) is 0 Å². The summed E-state index contributed by atoms with van der Waals surface area (Å²) < 4.78 is 22.6. The minimum atomic E-state index is -0.954. The molecule has 0 radical (unpaired) electrons. The van der Waals surface area contributed by atoms with Gasteiger partial charge < -0.3 is 24.1 Å². The van der Waals surface area contributed by atoms with Gasteiger partial charge in [0.15, 0.2) is 0 Å². The number of hydrogen-bond donors (Lipinski definition) is 1. The van der Waals surface area contributed by atoms with Crippen LogP contribution in [-0.2, 0) is 33.3 Å². The van der Waals surface area contributed by atoms with Gasteiger partial charge in [-0.1, -0.05) is 13.8 Å². The van der Waals surface area contributed by atoms with Crippen molar-refractivity contribution in [3.63, 3.8) is 0 Å². The summed E-state index contributed by atoms with van der Waals surface area (Å²) in [6.45, 7) is 9.86. The molecule has 4 rings (SSSR count). The minimum Gasteiger partial charge on any atom is -0.462 e. The Bertz CT molecular complexity index is 752. The number of carbonyl (C=O) groups excluding carboxylic acids is 3. The number of nitrogens with zero attached hydrogens (tertiary/aromatic N) is 1. The van der Waals surface area contributed by atoms with Crippen LogP contribution in [0.2, 0.25) is 0 Å². The topological polar surface area (TPSA) is 112 Å². The van der Waals surface area contributed by atoms with Crippen molar-refractivity contribution in [1.29, 1.82) is 0 Å². The maximum Gasteiger partial charge on any atom is 0.311 e. The normalized spacial score (nSPS) is 44.2. The third-order valence-electron chi connectivity index (χ3n) is 8.13. The van der Waals surface area contributed by atoms with Crippen molar-refractivity contribution < 1.29 is 38.4 Å². The molecule has 0 aromatic carbocycles. The summed E-state index contributed by atoms with van der Waals surface area (Å²) in [5, 5.41) is 11.9. The second kappa shape index (κ2) is 8.91. The summed E-state index contributed by atoms with van der Waals surface area (Å²) in [5.41, 5.74) is -0.873. The van der Waals surface area contributed by atoms with E-state index in [4.69, 9.17) is 18.9 Å². The van der Waals surface area contributed by atoms with Crippen LogP contribution in [0.3, 0.4) is 0 Å². The van der Waals surface area contributed by atoms with E-state index in [0.717, 1.165) is 13.1 Å². The highest BCUT2D eigenvalue weighted by Gasteiger charge is 2.67. The Morgan fingerprint density at radius 1 is 1.16 bits per heavy atom. The van der Waals surface area contributed by atoms with Crippen molar-refractivity contribution in [3.8, 4) is 0 Å². The number of rotatable bonds is 4. The maximum atomic E-state index is 12.9. The lowest BCUT2D eigenvalue weighted by molar-refractivity contribution is -0.165. The largest absolute Gasteiger partial charge is 0.462 e. The van der Waals surface area contributed by atoms with Gasteiger partial charge in [-0.05, 0) is 12.3 Å². The summed E-state index contributed by atoms with van der Waals surface area (Å²) in [5.74, 6) is -2.24. The number of fused-ring (bicyclic) bond motifs is 2. The van der Waals surface area contributed by atoms with E-state index in [1.54, 1.807) is 0 Å². The van der Waals surface area contributed by atoms with E-state index in [-0.39, 0.29) is 17.8 Å². The van der Waals surface area contributed by atoms with Crippen molar-refractivity contribution >= 4 is 17.9 Å². The molecule has 2 saturated carbocycles. The van der Waals surface area contributed by atoms with Crippen molar-refractivity contribution in [3.05, 3.63) is 0 Å². The molecule has 180 valence electrons. The number of carbonyl (C=O) groups is 3. The molecule has 4 aliphatic rings. The SMILES string of the molecule is CC(=O)O[C@H]1C[C@H](OC(C)=O)[C@]2(C)C1[C@H](C)C[C@@H]1OC(=O)C(CN3CCOCC3)[C@H]1[C@@H]2O. The second-order valence-electron chi connectivity index (χ2n) is 10.1. The van der Waals surface area contributed by atoms with E-state index < -0.39 is 53.6 Å². The van der Waals surface area contributed by atoms with E-state index in [1.165, 1.54) is 13.8 Å². The number of morpholine rings is 1. The van der Waals surface area contributed by atoms with Gasteiger partial charge in [0.2, 0.25) is 0 Å². The summed E-state index contributed by atoms with van der Waals surface area (Å²) in [6, 6.07) is 0. The highest BCUT2D eigenvalue weighted by atomic mass is 16.6. The van der Waals surface area contributed by atoms with Crippen LogP contribution >= 0.6 is 0 Å². The van der Waals surface area contributed by atoms with Crippen LogP contribution in [0.4, 0.5) is 0 Å². The number of ether oxygens (including phenoxy) is 4. The summed E-state index contributed by atoms with van der Waals surface area (Å²) in [7, 11) is 0. The Labute approximate surface area is 188 Å². The monoisotopic (exact) mass is 453 g/mol. The molecule has 0 spiro atoms. The molecule has 2 heterocycles. The molecule has 9 nitrogen and oxygen atoms in total. The first-order valence-corrected chi connectivity index (χ1v) is 11.7. The first-order valence-electron chi connectivity index (χ1n) is 11.7. The first-order chi connectivity index (χ1) is 15.1. The smallest absolute Gasteiger partial charge is 0.311 e. The third kappa shape index (κ3) is 4.03. The van der Waals surface area contributed by atoms with Gasteiger partial charge in [0.25, 0.3) is 0 Å². The zero-order valence-corrected chi connectivity index (χ0v) is 19.3. The third-order valence-corrected chi connectivity index (χ3v) is 8.13. The minimum absolute atomic E-state index is 0.00973. The van der Waals surface area contributed by atoms with Gasteiger partial charge in [0.05, 0.1) is 25.2 Å². The molecule has 0 bridgehead atoms. The summed E-state index contributed by atoms with van der Waals surface area (Å²) in [6.07, 6.45) is -1.56. The molecule has 0 aromatic heterocycles. The van der Waals surface area contributed by atoms with E-state index in [9.17, 15) is 19.5 Å². The standard InChI is InChI=1S/C23H35NO8/c1-12-9-16-19(15(22(28)32-16)11-24-5-7-29-8-6-24)21(27)23(4)18(31-14(3)26)10-17(20(12)23)30-13(2)25/h12,15-21,27H,5-11H2,1-4H3/t12-,15?,16+,17+,18+,19-,20?,21+,23-/m1/s1. The maximum absolute atomic E-state index is 12.9. The summed E-state index contributed by atoms with van der Waals surface area (Å²) >= 11 is 0. The zero-order chi connectivity index (χ0) is 23.2. The average Bonchev–Trinajstić information content (AvgIpc) is 3.12. The van der Waals surface area contributed by atoms with Gasteiger partial charge in [0.1, 0.15) is 18.3 Å². The van der Waals surface area contributed by atoms with Crippen LogP contribution in [0.5, 0.6) is 0 Å². The molecule has 9 heteroatoms. The van der Waals surface area contributed by atoms with Gasteiger partial charge >= 0.3 is 17.9 Å². The van der Waals surface area contributed by atoms with E-state index in [0.29, 0.717) is 32.6 Å². The molecule has 2 unspecified atom stereocenters. The second-order valence-corrected chi connectivity index (χ2v) is 10.1. The average molecular weight is 454 g/mol. The van der Waals surface area contributed by atoms with Crippen LogP contribution in [-0.4, -0.2) is 85.2 Å². The molecule has 0 amide bonds. The summed E-state index contributed by atoms with van der Waals surface area (Å²) in [4.78, 5) is 38.8. The van der Waals surface area contributed by atoms with Gasteiger partial charge in [-0.2, -0.15) is 0 Å². The number of aliphatic hydroxyl groups is 1. The Balaban J connectivity index is 1.68. The lowest BCUT2D eigenvalue weighted by Crippen LogP contribution is -2.53. The lowest BCUT2D eigenvalue weighted by Gasteiger charge is -2.43. The predicted molar refractivity (Wildman–Crippen MR) is 111 cm³/mol. The molecule has 2 aliphatic heterocycles. The van der Waals surface area contributed by atoms with E-state index >= 15 is 0 Å². The number of aliphatic hydroxyl groups excluding tert-OH is 1. The quantitative estimate of drug-likeness (QED) is 0.487.